The zero-order valence-electron chi connectivity index (χ0n) is 34.6. The Morgan fingerprint density at radius 1 is 0.937 bits per heavy atom. The number of halogens is 2. The number of hydrogen-bond donors (Lipinski definition) is 3. The van der Waals surface area contributed by atoms with Crippen LogP contribution >= 0.6 is 0 Å². The van der Waals surface area contributed by atoms with E-state index < -0.39 is 52.8 Å². The van der Waals surface area contributed by atoms with E-state index >= 15 is 0 Å². The fraction of sp³-hybridized carbons (Fsp3) is 0.467. The molecule has 4 saturated heterocycles. The summed E-state index contributed by atoms with van der Waals surface area (Å²) in [7, 11) is 0. The third-order valence-corrected chi connectivity index (χ3v) is 15.2. The second-order valence-electron chi connectivity index (χ2n) is 18.8. The molecule has 5 fully saturated rings. The first-order chi connectivity index (χ1) is 30.2. The number of nitrogens with zero attached hydrogens (tertiary/aromatic N) is 7. The predicted octanol–water partition coefficient (Wildman–Crippen LogP) is 4.26. The number of anilines is 2. The molecule has 1 spiro atoms. The van der Waals surface area contributed by atoms with Crippen LogP contribution < -0.4 is 15.5 Å². The molecule has 63 heavy (non-hydrogen) atoms. The van der Waals surface area contributed by atoms with Crippen molar-refractivity contribution in [1.82, 2.24) is 40.0 Å². The second-order valence-corrected chi connectivity index (χ2v) is 18.8. The molecular formula is C45H46F2N10O6. The van der Waals surface area contributed by atoms with Gasteiger partial charge in [-0.2, -0.15) is 10.2 Å². The summed E-state index contributed by atoms with van der Waals surface area (Å²) in [4.78, 5) is 85.2. The first kappa shape index (κ1) is 39.4. The highest BCUT2D eigenvalue weighted by molar-refractivity contribution is 6.23. The van der Waals surface area contributed by atoms with Gasteiger partial charge in [-0.05, 0) is 61.3 Å². The third-order valence-electron chi connectivity index (χ3n) is 15.2. The van der Waals surface area contributed by atoms with Gasteiger partial charge in [0.15, 0.2) is 5.69 Å². The topological polar surface area (TPSA) is 186 Å². The van der Waals surface area contributed by atoms with Gasteiger partial charge in [-0.25, -0.2) is 13.6 Å². The number of carbonyl (C=O) groups excluding carboxylic acids is 6. The molecule has 2 aromatic heterocycles. The molecule has 16 nitrogen and oxygen atoms in total. The van der Waals surface area contributed by atoms with Gasteiger partial charge in [0.25, 0.3) is 23.6 Å². The lowest BCUT2D eigenvalue weighted by atomic mass is 9.77. The van der Waals surface area contributed by atoms with Gasteiger partial charge in [0.05, 0.1) is 29.1 Å². The fourth-order valence-corrected chi connectivity index (χ4v) is 11.3. The number of benzene rings is 2. The summed E-state index contributed by atoms with van der Waals surface area (Å²) < 4.78 is 30.8. The van der Waals surface area contributed by atoms with E-state index in [1.807, 2.05) is 50.9 Å². The van der Waals surface area contributed by atoms with E-state index in [0.29, 0.717) is 43.1 Å². The molecule has 18 heteroatoms. The smallest absolute Gasteiger partial charge is 0.320 e. The minimum absolute atomic E-state index is 0.0137. The van der Waals surface area contributed by atoms with Gasteiger partial charge in [0, 0.05) is 92.5 Å². The van der Waals surface area contributed by atoms with Crippen molar-refractivity contribution in [3.05, 3.63) is 94.6 Å². The number of alkyl halides is 2. The molecule has 1 unspecified atom stereocenters. The van der Waals surface area contributed by atoms with Crippen LogP contribution in [-0.4, -0.2) is 121 Å². The number of carbonyl (C=O) groups is 6. The maximum atomic E-state index is 14.5. The normalized spacial score (nSPS) is 26.3. The molecule has 326 valence electrons. The summed E-state index contributed by atoms with van der Waals surface area (Å²) >= 11 is 0. The Hall–Kier alpha value is -6.46. The largest absolute Gasteiger partial charge is 0.371 e. The number of rotatable bonds is 7. The van der Waals surface area contributed by atoms with Gasteiger partial charge >= 0.3 is 6.03 Å². The van der Waals surface area contributed by atoms with Gasteiger partial charge in [-0.15, -0.1) is 0 Å². The van der Waals surface area contributed by atoms with Gasteiger partial charge in [0.2, 0.25) is 11.8 Å². The van der Waals surface area contributed by atoms with Crippen LogP contribution in [0.15, 0.2) is 60.9 Å². The fourth-order valence-electron chi connectivity index (χ4n) is 11.3. The Bertz CT molecular complexity index is 2620. The van der Waals surface area contributed by atoms with Crippen LogP contribution in [0, 0.1) is 22.7 Å². The Balaban J connectivity index is 0.706. The quantitative estimate of drug-likeness (QED) is 0.229. The van der Waals surface area contributed by atoms with Crippen LogP contribution in [0.25, 0.3) is 0 Å². The van der Waals surface area contributed by atoms with Crippen LogP contribution in [0.5, 0.6) is 0 Å². The summed E-state index contributed by atoms with van der Waals surface area (Å²) in [6.45, 7) is 5.41. The van der Waals surface area contributed by atoms with Crippen molar-refractivity contribution < 1.29 is 37.5 Å². The maximum absolute atomic E-state index is 14.5. The Morgan fingerprint density at radius 2 is 1.68 bits per heavy atom. The van der Waals surface area contributed by atoms with Crippen LogP contribution in [-0.2, 0) is 22.4 Å². The highest BCUT2D eigenvalue weighted by atomic mass is 19.3. The monoisotopic (exact) mass is 860 g/mol. The molecular weight excluding hydrogens is 815 g/mol. The van der Waals surface area contributed by atoms with Crippen LogP contribution in [0.3, 0.4) is 0 Å². The number of piperidine rings is 2. The Labute approximate surface area is 360 Å². The second kappa shape index (κ2) is 14.0. The van der Waals surface area contributed by atoms with E-state index in [4.69, 9.17) is 0 Å². The molecule has 1 saturated carbocycles. The number of hydrogen-bond acceptors (Lipinski definition) is 9. The zero-order chi connectivity index (χ0) is 43.6. The van der Waals surface area contributed by atoms with Crippen molar-refractivity contribution in [3.8, 4) is 0 Å². The molecule has 4 atom stereocenters. The van der Waals surface area contributed by atoms with Gasteiger partial charge in [-0.3, -0.25) is 44.0 Å². The molecule has 7 heterocycles. The number of aromatic nitrogens is 4. The number of nitrogens with one attached hydrogen (secondary N) is 3. The first-order valence-corrected chi connectivity index (χ1v) is 21.7. The molecule has 7 aliphatic rings. The summed E-state index contributed by atoms with van der Waals surface area (Å²) in [5, 5.41) is 16.8. The van der Waals surface area contributed by atoms with Crippen LogP contribution in [0.2, 0.25) is 0 Å². The van der Waals surface area contributed by atoms with Gasteiger partial charge < -0.3 is 20.0 Å². The summed E-state index contributed by atoms with van der Waals surface area (Å²) in [5.74, 6) is -6.10. The highest BCUT2D eigenvalue weighted by Crippen LogP contribution is 2.70. The number of likely N-dealkylation sites (tertiary alicyclic amines) is 2. The molecule has 2 aliphatic carbocycles. The Kier molecular flexibility index (Phi) is 8.77. The standard InChI is InChI=1S/C45H46F2N10O6/c1-43-19-32-31(18-34(43)45(43,46)47)36(52-51-32)39(60)49-27-20-48-56(23-27)37(25-5-3-2-4-6-25)26-21-55(22-26)42(63)54-16-13-44(24-54)11-14-53(15-12-44)28-7-8-29-30(17-28)41(62)57(40(29)61)33-9-10-35(58)50-38(33)59/h2-8,17,20,23,26,33-34,37H,9-16,18-19,21-22,24H2,1H3,(H,49,60)(H,51,52)(H,50,58,59)/t33?,34-,37+,43+/m0/s1. The average Bonchev–Trinajstić information content (AvgIpc) is 3.92. The summed E-state index contributed by atoms with van der Waals surface area (Å²) in [6.07, 6.45) is 6.36. The van der Waals surface area contributed by atoms with E-state index in [2.05, 4.69) is 30.8 Å². The van der Waals surface area contributed by atoms with E-state index in [1.165, 1.54) is 0 Å². The SMILES string of the molecule is C[C@@]12Cc3[nH]nc(C(=O)Nc4cnn([C@H](c5ccccc5)C5CN(C(=O)N6CCC7(CCN(c8ccc9c(c8)C(=O)N(C8CCC(=O)NC8=O)C9=O)CC7)C6)C5)c4)c3C[C@@H]1C2(F)F. The molecule has 0 radical (unpaired) electrons. The molecule has 3 N–H and O–H groups in total. The van der Waals surface area contributed by atoms with Crippen molar-refractivity contribution in [2.24, 2.45) is 22.7 Å². The Morgan fingerprint density at radius 3 is 2.44 bits per heavy atom. The number of amides is 7. The van der Waals surface area contributed by atoms with Crippen molar-refractivity contribution in [2.75, 3.05) is 49.5 Å². The average molecular weight is 861 g/mol. The number of urea groups is 1. The lowest BCUT2D eigenvalue weighted by molar-refractivity contribution is -0.136. The van der Waals surface area contributed by atoms with E-state index in [9.17, 15) is 37.5 Å². The lowest BCUT2D eigenvalue weighted by Crippen LogP contribution is -2.57. The molecule has 11 rings (SSSR count). The van der Waals surface area contributed by atoms with E-state index in [-0.39, 0.29) is 65.9 Å². The third kappa shape index (κ3) is 6.18. The van der Waals surface area contributed by atoms with Crippen molar-refractivity contribution >= 4 is 46.9 Å². The number of H-pyrrole nitrogens is 1. The van der Waals surface area contributed by atoms with Crippen LogP contribution in [0.4, 0.5) is 25.0 Å². The van der Waals surface area contributed by atoms with E-state index in [1.54, 1.807) is 31.5 Å². The minimum atomic E-state index is -2.76. The molecule has 5 aliphatic heterocycles. The van der Waals surface area contributed by atoms with Crippen LogP contribution in [0.1, 0.15) is 93.1 Å². The zero-order valence-corrected chi connectivity index (χ0v) is 34.6. The van der Waals surface area contributed by atoms with E-state index in [0.717, 1.165) is 48.5 Å². The predicted molar refractivity (Wildman–Crippen MR) is 221 cm³/mol. The van der Waals surface area contributed by atoms with Gasteiger partial charge in [0.1, 0.15) is 6.04 Å². The number of imide groups is 2. The van der Waals surface area contributed by atoms with Crippen molar-refractivity contribution in [2.45, 2.75) is 69.9 Å². The molecule has 7 amide bonds. The van der Waals surface area contributed by atoms with Crippen molar-refractivity contribution in [1.29, 1.82) is 0 Å². The summed E-state index contributed by atoms with van der Waals surface area (Å²) in [6, 6.07) is 13.9. The van der Waals surface area contributed by atoms with Gasteiger partial charge in [-0.1, -0.05) is 37.3 Å². The number of fused-ring (bicyclic) bond motifs is 3. The first-order valence-electron chi connectivity index (χ1n) is 21.7. The summed E-state index contributed by atoms with van der Waals surface area (Å²) in [5.41, 5.74) is 2.94. The molecule has 0 bridgehead atoms. The maximum Gasteiger partial charge on any atom is 0.320 e. The lowest BCUT2D eigenvalue weighted by Gasteiger charge is -2.45. The minimum Gasteiger partial charge on any atom is -0.371 e. The number of aromatic amines is 1. The van der Waals surface area contributed by atoms with Crippen molar-refractivity contribution in [3.63, 3.8) is 0 Å². The molecule has 4 aromatic rings. The molecule has 2 aromatic carbocycles. The highest BCUT2D eigenvalue weighted by Gasteiger charge is 2.78.